The van der Waals surface area contributed by atoms with Gasteiger partial charge in [-0.25, -0.2) is 8.42 Å². The number of amides is 1. The SMILES string of the molecule is C=CCn1c(=NC(=O)c2ccc(S(=O)(=O)N3C[C@@H](C)O[C@H](C)C3)cc2)sc2cccc(OC)c21. The molecule has 1 saturated heterocycles. The summed E-state index contributed by atoms with van der Waals surface area (Å²) in [6.07, 6.45) is 1.37. The number of sulfonamides is 1. The average molecular weight is 502 g/mol. The van der Waals surface area contributed by atoms with E-state index in [1.807, 2.05) is 36.6 Å². The van der Waals surface area contributed by atoms with Crippen molar-refractivity contribution in [3.05, 3.63) is 65.5 Å². The lowest BCUT2D eigenvalue weighted by molar-refractivity contribution is -0.0440. The number of carbonyl (C=O) groups excluding carboxylic acids is 1. The third-order valence-electron chi connectivity index (χ3n) is 5.52. The number of aromatic nitrogens is 1. The zero-order valence-electron chi connectivity index (χ0n) is 19.3. The molecule has 0 bridgehead atoms. The number of para-hydroxylation sites is 1. The van der Waals surface area contributed by atoms with E-state index in [0.717, 1.165) is 10.2 Å². The van der Waals surface area contributed by atoms with Crippen molar-refractivity contribution in [3.63, 3.8) is 0 Å². The Morgan fingerprint density at radius 2 is 1.88 bits per heavy atom. The summed E-state index contributed by atoms with van der Waals surface area (Å²) >= 11 is 1.38. The first-order chi connectivity index (χ1) is 16.2. The van der Waals surface area contributed by atoms with Crippen molar-refractivity contribution in [3.8, 4) is 5.75 Å². The van der Waals surface area contributed by atoms with Crippen LogP contribution < -0.4 is 9.54 Å². The zero-order chi connectivity index (χ0) is 24.5. The molecule has 1 aromatic heterocycles. The van der Waals surface area contributed by atoms with Crippen molar-refractivity contribution in [2.24, 2.45) is 4.99 Å². The predicted molar refractivity (Wildman–Crippen MR) is 132 cm³/mol. The molecule has 2 atom stereocenters. The van der Waals surface area contributed by atoms with Crippen LogP contribution in [0.2, 0.25) is 0 Å². The van der Waals surface area contributed by atoms with Crippen molar-refractivity contribution in [1.29, 1.82) is 0 Å². The number of fused-ring (bicyclic) bond motifs is 1. The minimum Gasteiger partial charge on any atom is -0.495 e. The monoisotopic (exact) mass is 501 g/mol. The first-order valence-corrected chi connectivity index (χ1v) is 13.1. The third kappa shape index (κ3) is 4.72. The maximum Gasteiger partial charge on any atom is 0.279 e. The lowest BCUT2D eigenvalue weighted by atomic mass is 10.2. The zero-order valence-corrected chi connectivity index (χ0v) is 20.9. The molecule has 0 saturated carbocycles. The van der Waals surface area contributed by atoms with E-state index in [1.54, 1.807) is 13.2 Å². The fourth-order valence-corrected chi connectivity index (χ4v) is 6.69. The Labute approximate surface area is 202 Å². The Hall–Kier alpha value is -2.79. The standard InChI is InChI=1S/C24H27N3O5S2/c1-5-13-27-22-20(31-4)7-6-8-21(22)33-24(27)25-23(28)18-9-11-19(12-10-18)34(29,30)26-14-16(2)32-17(3)15-26/h5-12,16-17H,1,13-15H2,2-4H3/t16-,17-/m1/s1. The number of hydrogen-bond donors (Lipinski definition) is 0. The molecule has 8 nitrogen and oxygen atoms in total. The van der Waals surface area contributed by atoms with Gasteiger partial charge in [0.15, 0.2) is 4.80 Å². The van der Waals surface area contributed by atoms with Crippen molar-refractivity contribution in [1.82, 2.24) is 8.87 Å². The van der Waals surface area contributed by atoms with Crippen LogP contribution in [0.1, 0.15) is 24.2 Å². The van der Waals surface area contributed by atoms with Crippen molar-refractivity contribution >= 4 is 37.5 Å². The molecule has 2 heterocycles. The smallest absolute Gasteiger partial charge is 0.279 e. The lowest BCUT2D eigenvalue weighted by Crippen LogP contribution is -2.48. The molecule has 34 heavy (non-hydrogen) atoms. The molecule has 1 amide bonds. The van der Waals surface area contributed by atoms with Gasteiger partial charge in [0, 0.05) is 25.2 Å². The van der Waals surface area contributed by atoms with Gasteiger partial charge in [-0.15, -0.1) is 6.58 Å². The van der Waals surface area contributed by atoms with Crippen LogP contribution in [-0.4, -0.2) is 55.6 Å². The number of nitrogens with zero attached hydrogens (tertiary/aromatic N) is 3. The summed E-state index contributed by atoms with van der Waals surface area (Å²) in [5.41, 5.74) is 1.15. The molecule has 1 aliphatic rings. The van der Waals surface area contributed by atoms with Gasteiger partial charge in [0.1, 0.15) is 11.3 Å². The van der Waals surface area contributed by atoms with Crippen LogP contribution in [0.3, 0.4) is 0 Å². The minimum absolute atomic E-state index is 0.138. The summed E-state index contributed by atoms with van der Waals surface area (Å²) in [6, 6.07) is 11.6. The Balaban J connectivity index is 1.66. The van der Waals surface area contributed by atoms with E-state index in [4.69, 9.17) is 9.47 Å². The molecule has 4 rings (SSSR count). The van der Waals surface area contributed by atoms with E-state index < -0.39 is 15.9 Å². The van der Waals surface area contributed by atoms with Gasteiger partial charge in [0.25, 0.3) is 5.91 Å². The lowest BCUT2D eigenvalue weighted by Gasteiger charge is -2.34. The Kier molecular flexibility index (Phi) is 7.04. The van der Waals surface area contributed by atoms with E-state index in [-0.39, 0.29) is 17.1 Å². The molecular weight excluding hydrogens is 474 g/mol. The molecular formula is C24H27N3O5S2. The Morgan fingerprint density at radius 1 is 1.21 bits per heavy atom. The van der Waals surface area contributed by atoms with Crippen LogP contribution >= 0.6 is 11.3 Å². The molecule has 2 aromatic carbocycles. The number of morpholine rings is 1. The van der Waals surface area contributed by atoms with E-state index in [9.17, 15) is 13.2 Å². The van der Waals surface area contributed by atoms with Gasteiger partial charge in [0.05, 0.1) is 28.9 Å². The van der Waals surface area contributed by atoms with E-state index in [1.165, 1.54) is 39.9 Å². The quantitative estimate of drug-likeness (QED) is 0.483. The van der Waals surface area contributed by atoms with Gasteiger partial charge in [-0.2, -0.15) is 9.30 Å². The van der Waals surface area contributed by atoms with Crippen LogP contribution in [-0.2, 0) is 21.3 Å². The number of rotatable bonds is 6. The maximum atomic E-state index is 13.1. The van der Waals surface area contributed by atoms with Crippen molar-refractivity contribution in [2.75, 3.05) is 20.2 Å². The van der Waals surface area contributed by atoms with Gasteiger partial charge in [0.2, 0.25) is 10.0 Å². The molecule has 0 aliphatic carbocycles. The number of ether oxygens (including phenoxy) is 2. The van der Waals surface area contributed by atoms with Crippen LogP contribution in [0.25, 0.3) is 10.2 Å². The van der Waals surface area contributed by atoms with Crippen LogP contribution in [0, 0.1) is 0 Å². The molecule has 10 heteroatoms. The van der Waals surface area contributed by atoms with Gasteiger partial charge in [-0.1, -0.05) is 23.5 Å². The Morgan fingerprint density at radius 3 is 2.50 bits per heavy atom. The first kappa shape index (κ1) is 24.3. The number of allylic oxidation sites excluding steroid dienone is 1. The van der Waals surface area contributed by atoms with Crippen molar-refractivity contribution < 1.29 is 22.7 Å². The number of carbonyl (C=O) groups is 1. The summed E-state index contributed by atoms with van der Waals surface area (Å²) in [6.45, 7) is 8.55. The molecule has 0 N–H and O–H groups in total. The summed E-state index contributed by atoms with van der Waals surface area (Å²) in [7, 11) is -2.09. The second-order valence-corrected chi connectivity index (χ2v) is 11.1. The molecule has 0 unspecified atom stereocenters. The predicted octanol–water partition coefficient (Wildman–Crippen LogP) is 3.44. The van der Waals surface area contributed by atoms with E-state index in [2.05, 4.69) is 11.6 Å². The van der Waals surface area contributed by atoms with Crippen LogP contribution in [0.4, 0.5) is 0 Å². The average Bonchev–Trinajstić information content (AvgIpc) is 3.15. The molecule has 0 spiro atoms. The second kappa shape index (κ2) is 9.83. The fraction of sp³-hybridized carbons (Fsp3) is 0.333. The highest BCUT2D eigenvalue weighted by Crippen LogP contribution is 2.27. The minimum atomic E-state index is -3.68. The Bertz CT molecular complexity index is 1380. The number of benzene rings is 2. The summed E-state index contributed by atoms with van der Waals surface area (Å²) < 4.78 is 41.5. The second-order valence-electron chi connectivity index (χ2n) is 8.11. The summed E-state index contributed by atoms with van der Waals surface area (Å²) in [4.78, 5) is 17.9. The highest BCUT2D eigenvalue weighted by Gasteiger charge is 2.32. The molecule has 180 valence electrons. The summed E-state index contributed by atoms with van der Waals surface area (Å²) in [5.74, 6) is 0.228. The van der Waals surface area contributed by atoms with Gasteiger partial charge in [-0.05, 0) is 50.2 Å². The topological polar surface area (TPSA) is 90.2 Å². The fourth-order valence-electron chi connectivity index (χ4n) is 4.04. The first-order valence-electron chi connectivity index (χ1n) is 10.9. The summed E-state index contributed by atoms with van der Waals surface area (Å²) in [5, 5.41) is 0. The molecule has 1 aliphatic heterocycles. The van der Waals surface area contributed by atoms with Crippen LogP contribution in [0.5, 0.6) is 5.75 Å². The normalized spacial score (nSPS) is 19.9. The number of hydrogen-bond acceptors (Lipinski definition) is 6. The van der Waals surface area contributed by atoms with Gasteiger partial charge >= 0.3 is 0 Å². The molecule has 3 aromatic rings. The molecule has 0 radical (unpaired) electrons. The highest BCUT2D eigenvalue weighted by atomic mass is 32.2. The van der Waals surface area contributed by atoms with Crippen LogP contribution in [0.15, 0.2) is 65.0 Å². The highest BCUT2D eigenvalue weighted by molar-refractivity contribution is 7.89. The number of thiazole rings is 1. The van der Waals surface area contributed by atoms with E-state index in [0.29, 0.717) is 35.7 Å². The van der Waals surface area contributed by atoms with Gasteiger partial charge in [-0.3, -0.25) is 4.79 Å². The van der Waals surface area contributed by atoms with E-state index >= 15 is 0 Å². The largest absolute Gasteiger partial charge is 0.495 e. The number of methoxy groups -OCH3 is 1. The van der Waals surface area contributed by atoms with Gasteiger partial charge < -0.3 is 14.0 Å². The maximum absolute atomic E-state index is 13.1. The third-order valence-corrected chi connectivity index (χ3v) is 8.41. The molecule has 1 fully saturated rings. The van der Waals surface area contributed by atoms with Crippen molar-refractivity contribution in [2.45, 2.75) is 37.5 Å².